The Kier molecular flexibility index (Phi) is 2.96. The number of aromatic hydroxyl groups is 1. The largest absolute Gasteiger partial charge is 0.508 e. The van der Waals surface area contributed by atoms with Crippen LogP contribution in [0.1, 0.15) is 18.4 Å². The molecule has 0 amide bonds. The molecule has 1 aromatic carbocycles. The van der Waals surface area contributed by atoms with Gasteiger partial charge in [0.05, 0.1) is 10.9 Å². The van der Waals surface area contributed by atoms with Crippen LogP contribution in [0, 0.1) is 5.82 Å². The lowest BCUT2D eigenvalue weighted by Gasteiger charge is -2.10. The summed E-state index contributed by atoms with van der Waals surface area (Å²) in [6, 6.07) is 1.94. The first-order chi connectivity index (χ1) is 6.43. The fourth-order valence-electron chi connectivity index (χ4n) is 1.11. The van der Waals surface area contributed by atoms with Gasteiger partial charge in [-0.3, -0.25) is 4.79 Å². The minimum absolute atomic E-state index is 0.0857. The molecule has 1 rings (SSSR count). The molecule has 0 radical (unpaired) electrons. The number of carboxylic acid groups (broad SMARTS) is 1. The molecule has 1 atom stereocenters. The van der Waals surface area contributed by atoms with Crippen molar-refractivity contribution in [3.8, 4) is 5.75 Å². The first kappa shape index (κ1) is 10.8. The molecule has 5 heteroatoms. The summed E-state index contributed by atoms with van der Waals surface area (Å²) in [5.74, 6) is -3.35. The normalized spacial score (nSPS) is 12.5. The van der Waals surface area contributed by atoms with Gasteiger partial charge in [0.15, 0.2) is 0 Å². The molecule has 14 heavy (non-hydrogen) atoms. The highest BCUT2D eigenvalue weighted by Gasteiger charge is 2.21. The van der Waals surface area contributed by atoms with Crippen molar-refractivity contribution >= 4 is 17.6 Å². The van der Waals surface area contributed by atoms with Gasteiger partial charge in [-0.05, 0) is 13.0 Å². The minimum Gasteiger partial charge on any atom is -0.508 e. The highest BCUT2D eigenvalue weighted by molar-refractivity contribution is 6.31. The maximum Gasteiger partial charge on any atom is 0.310 e. The van der Waals surface area contributed by atoms with E-state index in [1.807, 2.05) is 0 Å². The number of rotatable bonds is 2. The number of hydrogen-bond acceptors (Lipinski definition) is 2. The summed E-state index contributed by atoms with van der Waals surface area (Å²) in [7, 11) is 0. The lowest BCUT2D eigenvalue weighted by molar-refractivity contribution is -0.138. The fourth-order valence-corrected chi connectivity index (χ4v) is 1.47. The Labute approximate surface area is 84.7 Å². The van der Waals surface area contributed by atoms with Gasteiger partial charge in [0, 0.05) is 11.6 Å². The molecule has 1 unspecified atom stereocenters. The molecular formula is C9H8ClFO3. The van der Waals surface area contributed by atoms with Gasteiger partial charge in [-0.2, -0.15) is 0 Å². The molecule has 0 aliphatic carbocycles. The van der Waals surface area contributed by atoms with E-state index in [4.69, 9.17) is 21.8 Å². The zero-order valence-corrected chi connectivity index (χ0v) is 8.05. The van der Waals surface area contributed by atoms with Crippen LogP contribution in [-0.2, 0) is 4.79 Å². The van der Waals surface area contributed by atoms with Gasteiger partial charge in [-0.1, -0.05) is 11.6 Å². The van der Waals surface area contributed by atoms with Crippen LogP contribution < -0.4 is 0 Å². The number of phenolic OH excluding ortho intramolecular Hbond substituents is 1. The number of carbonyl (C=O) groups is 1. The molecule has 0 aliphatic rings. The minimum atomic E-state index is -1.17. The molecule has 3 nitrogen and oxygen atoms in total. The zero-order valence-electron chi connectivity index (χ0n) is 7.29. The van der Waals surface area contributed by atoms with Gasteiger partial charge in [-0.25, -0.2) is 4.39 Å². The average molecular weight is 219 g/mol. The molecule has 0 bridgehead atoms. The summed E-state index contributed by atoms with van der Waals surface area (Å²) in [4.78, 5) is 10.6. The quantitative estimate of drug-likeness (QED) is 0.801. The number of aliphatic carboxylic acids is 1. The molecule has 0 aliphatic heterocycles. The van der Waals surface area contributed by atoms with Gasteiger partial charge in [0.2, 0.25) is 0 Å². The summed E-state index contributed by atoms with van der Waals surface area (Å²) in [6.07, 6.45) is 0. The summed E-state index contributed by atoms with van der Waals surface area (Å²) in [5.41, 5.74) is -0.114. The number of carboxylic acids is 1. The third-order valence-corrected chi connectivity index (χ3v) is 2.18. The summed E-state index contributed by atoms with van der Waals surface area (Å²) >= 11 is 5.61. The van der Waals surface area contributed by atoms with E-state index in [9.17, 15) is 9.18 Å². The Bertz CT molecular complexity index is 355. The highest BCUT2D eigenvalue weighted by Crippen LogP contribution is 2.30. The number of phenols is 1. The first-order valence-electron chi connectivity index (χ1n) is 3.84. The van der Waals surface area contributed by atoms with Crippen molar-refractivity contribution in [3.63, 3.8) is 0 Å². The zero-order chi connectivity index (χ0) is 10.9. The third kappa shape index (κ3) is 1.96. The van der Waals surface area contributed by atoms with E-state index in [1.165, 1.54) is 6.92 Å². The molecule has 0 spiro atoms. The van der Waals surface area contributed by atoms with Crippen molar-refractivity contribution in [2.45, 2.75) is 12.8 Å². The average Bonchev–Trinajstić information content (AvgIpc) is 2.01. The maximum atomic E-state index is 13.2. The van der Waals surface area contributed by atoms with Crippen molar-refractivity contribution in [2.24, 2.45) is 0 Å². The van der Waals surface area contributed by atoms with Gasteiger partial charge >= 0.3 is 5.97 Å². The van der Waals surface area contributed by atoms with E-state index >= 15 is 0 Å². The Hall–Kier alpha value is -1.29. The Morgan fingerprint density at radius 2 is 2.14 bits per heavy atom. The van der Waals surface area contributed by atoms with Crippen LogP contribution in [0.15, 0.2) is 12.1 Å². The Balaban J connectivity index is 3.27. The molecule has 2 N–H and O–H groups in total. The van der Waals surface area contributed by atoms with Crippen molar-refractivity contribution in [3.05, 3.63) is 28.5 Å². The molecule has 0 heterocycles. The van der Waals surface area contributed by atoms with Crippen molar-refractivity contribution in [2.75, 3.05) is 0 Å². The Morgan fingerprint density at radius 1 is 1.57 bits per heavy atom. The van der Waals surface area contributed by atoms with Crippen LogP contribution in [-0.4, -0.2) is 16.2 Å². The smallest absolute Gasteiger partial charge is 0.310 e. The lowest BCUT2D eigenvalue weighted by Crippen LogP contribution is -2.09. The van der Waals surface area contributed by atoms with Crippen molar-refractivity contribution in [1.82, 2.24) is 0 Å². The maximum absolute atomic E-state index is 13.2. The van der Waals surface area contributed by atoms with E-state index in [-0.39, 0.29) is 16.3 Å². The summed E-state index contributed by atoms with van der Waals surface area (Å²) in [5, 5.41) is 17.5. The molecule has 0 saturated carbocycles. The van der Waals surface area contributed by atoms with Crippen LogP contribution >= 0.6 is 11.6 Å². The number of halogens is 2. The number of benzene rings is 1. The van der Waals surface area contributed by atoms with E-state index in [0.717, 1.165) is 12.1 Å². The van der Waals surface area contributed by atoms with Crippen molar-refractivity contribution < 1.29 is 19.4 Å². The van der Waals surface area contributed by atoms with Crippen molar-refractivity contribution in [1.29, 1.82) is 0 Å². The van der Waals surface area contributed by atoms with Gasteiger partial charge in [0.1, 0.15) is 11.6 Å². The van der Waals surface area contributed by atoms with E-state index in [0.29, 0.717) is 0 Å². The molecule has 1 aromatic rings. The highest BCUT2D eigenvalue weighted by atomic mass is 35.5. The van der Waals surface area contributed by atoms with E-state index < -0.39 is 17.7 Å². The van der Waals surface area contributed by atoms with Crippen LogP contribution in [0.2, 0.25) is 5.02 Å². The molecule has 0 aromatic heterocycles. The molecular weight excluding hydrogens is 211 g/mol. The topological polar surface area (TPSA) is 57.5 Å². The van der Waals surface area contributed by atoms with Gasteiger partial charge < -0.3 is 10.2 Å². The second kappa shape index (κ2) is 3.84. The molecule has 76 valence electrons. The van der Waals surface area contributed by atoms with Gasteiger partial charge in [0.25, 0.3) is 0 Å². The number of hydrogen-bond donors (Lipinski definition) is 2. The van der Waals surface area contributed by atoms with Crippen LogP contribution in [0.3, 0.4) is 0 Å². The first-order valence-corrected chi connectivity index (χ1v) is 4.22. The van der Waals surface area contributed by atoms with E-state index in [1.54, 1.807) is 0 Å². The van der Waals surface area contributed by atoms with Crippen LogP contribution in [0.4, 0.5) is 4.39 Å². The molecule has 0 saturated heterocycles. The van der Waals surface area contributed by atoms with Crippen LogP contribution in [0.5, 0.6) is 5.75 Å². The van der Waals surface area contributed by atoms with E-state index in [2.05, 4.69) is 0 Å². The second-order valence-electron chi connectivity index (χ2n) is 2.88. The SMILES string of the molecule is CC(C(=O)O)c1c(F)cc(O)cc1Cl. The predicted molar refractivity (Wildman–Crippen MR) is 49.1 cm³/mol. The standard InChI is InChI=1S/C9H8ClFO3/c1-4(9(13)14)8-6(10)2-5(12)3-7(8)11/h2-4,12H,1H3,(H,13,14). The lowest BCUT2D eigenvalue weighted by atomic mass is 10.0. The Morgan fingerprint density at radius 3 is 2.57 bits per heavy atom. The molecule has 0 fully saturated rings. The predicted octanol–water partition coefficient (Wildman–Crippen LogP) is 2.37. The second-order valence-corrected chi connectivity index (χ2v) is 3.29. The van der Waals surface area contributed by atoms with Gasteiger partial charge in [-0.15, -0.1) is 0 Å². The summed E-state index contributed by atoms with van der Waals surface area (Å²) < 4.78 is 13.2. The monoisotopic (exact) mass is 218 g/mol. The fraction of sp³-hybridized carbons (Fsp3) is 0.222. The summed E-state index contributed by atoms with van der Waals surface area (Å²) in [6.45, 7) is 1.32. The third-order valence-electron chi connectivity index (χ3n) is 1.87. The van der Waals surface area contributed by atoms with Crippen LogP contribution in [0.25, 0.3) is 0 Å².